The summed E-state index contributed by atoms with van der Waals surface area (Å²) in [5.74, 6) is -0.516. The van der Waals surface area contributed by atoms with Gasteiger partial charge in [-0.05, 0) is 31.0 Å². The third-order valence-electron chi connectivity index (χ3n) is 5.41. The fourth-order valence-electron chi connectivity index (χ4n) is 3.90. The average Bonchev–Trinajstić information content (AvgIpc) is 2.91. The van der Waals surface area contributed by atoms with Crippen LogP contribution in [0, 0.1) is 19.8 Å². The first kappa shape index (κ1) is 17.6. The number of nitrogens with one attached hydrogen (secondary N) is 1. The number of anilines is 1. The van der Waals surface area contributed by atoms with Gasteiger partial charge < -0.3 is 9.64 Å². The largest absolute Gasteiger partial charge is 0.469 e. The summed E-state index contributed by atoms with van der Waals surface area (Å²) in [6.07, 6.45) is 1.64. The van der Waals surface area contributed by atoms with Crippen molar-refractivity contribution >= 4 is 23.5 Å². The molecule has 6 heteroatoms. The molecule has 0 bridgehead atoms. The number of imide groups is 1. The summed E-state index contributed by atoms with van der Waals surface area (Å²) in [4.78, 5) is 39.6. The summed E-state index contributed by atoms with van der Waals surface area (Å²) in [5.41, 5.74) is 2.64. The maximum atomic E-state index is 12.9. The molecule has 1 aromatic rings. The lowest BCUT2D eigenvalue weighted by atomic mass is 9.95. The van der Waals surface area contributed by atoms with Crippen LogP contribution in [0.1, 0.15) is 30.4 Å². The van der Waals surface area contributed by atoms with Gasteiger partial charge in [0.15, 0.2) is 6.04 Å². The molecule has 0 spiro atoms. The van der Waals surface area contributed by atoms with Gasteiger partial charge in [-0.3, -0.25) is 14.4 Å². The molecule has 3 rings (SSSR count). The number of nitrogens with zero attached hydrogens (tertiary/aromatic N) is 1. The van der Waals surface area contributed by atoms with Crippen molar-refractivity contribution in [2.75, 3.05) is 25.1 Å². The number of piperidine rings is 1. The molecule has 2 saturated heterocycles. The molecular formula is C19H25N2O4+. The molecule has 2 aliphatic heterocycles. The van der Waals surface area contributed by atoms with Crippen molar-refractivity contribution in [2.24, 2.45) is 5.92 Å². The van der Waals surface area contributed by atoms with Gasteiger partial charge in [-0.15, -0.1) is 0 Å². The van der Waals surface area contributed by atoms with Crippen LogP contribution in [-0.2, 0) is 19.1 Å². The Morgan fingerprint density at radius 1 is 1.20 bits per heavy atom. The van der Waals surface area contributed by atoms with E-state index in [0.717, 1.165) is 16.0 Å². The van der Waals surface area contributed by atoms with Crippen molar-refractivity contribution in [3.8, 4) is 0 Å². The summed E-state index contributed by atoms with van der Waals surface area (Å²) in [7, 11) is 1.41. The number of ether oxygens (including phenoxy) is 1. The molecule has 2 heterocycles. The SMILES string of the molecule is COC(=O)C1CC[NH+]([C@H]2CC(=O)N(c3cc(C)ccc3C)C2=O)CC1. The number of amides is 2. The molecule has 2 amide bonds. The molecule has 1 N–H and O–H groups in total. The van der Waals surface area contributed by atoms with Crippen molar-refractivity contribution in [3.63, 3.8) is 0 Å². The average molecular weight is 345 g/mol. The number of aryl methyl sites for hydroxylation is 2. The summed E-state index contributed by atoms with van der Waals surface area (Å²) >= 11 is 0. The molecule has 2 fully saturated rings. The Hall–Kier alpha value is -2.21. The summed E-state index contributed by atoms with van der Waals surface area (Å²) < 4.78 is 4.81. The van der Waals surface area contributed by atoms with Gasteiger partial charge in [-0.1, -0.05) is 12.1 Å². The van der Waals surface area contributed by atoms with Gasteiger partial charge in [-0.25, -0.2) is 4.90 Å². The van der Waals surface area contributed by atoms with Crippen molar-refractivity contribution in [2.45, 2.75) is 39.2 Å². The predicted octanol–water partition coefficient (Wildman–Crippen LogP) is 0.403. The molecule has 134 valence electrons. The smallest absolute Gasteiger partial charge is 0.309 e. The Kier molecular flexibility index (Phi) is 4.90. The lowest BCUT2D eigenvalue weighted by Crippen LogP contribution is -3.17. The third-order valence-corrected chi connectivity index (χ3v) is 5.41. The summed E-state index contributed by atoms with van der Waals surface area (Å²) in [6.45, 7) is 5.29. The van der Waals surface area contributed by atoms with Crippen molar-refractivity contribution < 1.29 is 24.0 Å². The number of esters is 1. The van der Waals surface area contributed by atoms with E-state index in [9.17, 15) is 14.4 Å². The van der Waals surface area contributed by atoms with Gasteiger partial charge in [0.05, 0.1) is 38.2 Å². The van der Waals surface area contributed by atoms with E-state index in [1.54, 1.807) is 0 Å². The Balaban J connectivity index is 1.74. The minimum atomic E-state index is -0.342. The fourth-order valence-corrected chi connectivity index (χ4v) is 3.90. The first-order chi connectivity index (χ1) is 11.9. The monoisotopic (exact) mass is 345 g/mol. The number of carbonyl (C=O) groups excluding carboxylic acids is 3. The number of methoxy groups -OCH3 is 1. The lowest BCUT2D eigenvalue weighted by molar-refractivity contribution is -0.920. The second-order valence-electron chi connectivity index (χ2n) is 7.07. The van der Waals surface area contributed by atoms with Crippen LogP contribution in [0.4, 0.5) is 5.69 Å². The zero-order chi connectivity index (χ0) is 18.1. The predicted molar refractivity (Wildman–Crippen MR) is 92.3 cm³/mol. The molecule has 0 aromatic heterocycles. The number of hydrogen-bond donors (Lipinski definition) is 1. The molecule has 25 heavy (non-hydrogen) atoms. The molecule has 1 atom stereocenters. The van der Waals surface area contributed by atoms with Crippen LogP contribution in [0.5, 0.6) is 0 Å². The fraction of sp³-hybridized carbons (Fsp3) is 0.526. The Bertz CT molecular complexity index is 707. The standard InChI is InChI=1S/C19H24N2O4/c1-12-4-5-13(2)15(10-12)21-17(22)11-16(18(21)23)20-8-6-14(7-9-20)19(24)25-3/h4-5,10,14,16H,6-9,11H2,1-3H3/p+1/t16-/m0/s1. The number of likely N-dealkylation sites (tertiary alicyclic amines) is 1. The van der Waals surface area contributed by atoms with E-state index in [-0.39, 0.29) is 36.2 Å². The second kappa shape index (κ2) is 6.96. The highest BCUT2D eigenvalue weighted by molar-refractivity contribution is 6.22. The maximum Gasteiger partial charge on any atom is 0.309 e. The molecule has 0 unspecified atom stereocenters. The van der Waals surface area contributed by atoms with E-state index in [2.05, 4.69) is 0 Å². The van der Waals surface area contributed by atoms with Gasteiger partial charge in [0.1, 0.15) is 0 Å². The minimum Gasteiger partial charge on any atom is -0.469 e. The third kappa shape index (κ3) is 3.31. The van der Waals surface area contributed by atoms with E-state index < -0.39 is 0 Å². The maximum absolute atomic E-state index is 12.9. The Labute approximate surface area is 147 Å². The Morgan fingerprint density at radius 2 is 1.88 bits per heavy atom. The van der Waals surface area contributed by atoms with Crippen LogP contribution in [0.15, 0.2) is 18.2 Å². The van der Waals surface area contributed by atoms with E-state index in [1.807, 2.05) is 32.0 Å². The van der Waals surface area contributed by atoms with Crippen LogP contribution in [-0.4, -0.2) is 44.0 Å². The van der Waals surface area contributed by atoms with Crippen LogP contribution < -0.4 is 9.80 Å². The highest BCUT2D eigenvalue weighted by atomic mass is 16.5. The first-order valence-electron chi connectivity index (χ1n) is 8.79. The van der Waals surface area contributed by atoms with Crippen molar-refractivity contribution in [1.82, 2.24) is 0 Å². The molecule has 0 saturated carbocycles. The number of hydrogen-bond acceptors (Lipinski definition) is 4. The first-order valence-corrected chi connectivity index (χ1v) is 8.79. The van der Waals surface area contributed by atoms with Gasteiger partial charge in [0.25, 0.3) is 5.91 Å². The van der Waals surface area contributed by atoms with E-state index in [4.69, 9.17) is 4.74 Å². The number of carbonyl (C=O) groups is 3. The van der Waals surface area contributed by atoms with Gasteiger partial charge in [0.2, 0.25) is 5.91 Å². The van der Waals surface area contributed by atoms with Crippen molar-refractivity contribution in [1.29, 1.82) is 0 Å². The van der Waals surface area contributed by atoms with Gasteiger partial charge in [0, 0.05) is 12.8 Å². The zero-order valence-corrected chi connectivity index (χ0v) is 15.0. The lowest BCUT2D eigenvalue weighted by Gasteiger charge is -2.31. The van der Waals surface area contributed by atoms with Gasteiger partial charge >= 0.3 is 5.97 Å². The second-order valence-corrected chi connectivity index (χ2v) is 7.07. The number of rotatable bonds is 3. The van der Waals surface area contributed by atoms with E-state index in [1.165, 1.54) is 12.0 Å². The topological polar surface area (TPSA) is 68.1 Å². The van der Waals surface area contributed by atoms with Crippen LogP contribution >= 0.6 is 0 Å². The molecule has 0 aliphatic carbocycles. The molecular weight excluding hydrogens is 320 g/mol. The highest BCUT2D eigenvalue weighted by Crippen LogP contribution is 2.27. The van der Waals surface area contributed by atoms with Crippen LogP contribution in [0.3, 0.4) is 0 Å². The molecule has 0 radical (unpaired) electrons. The number of benzene rings is 1. The van der Waals surface area contributed by atoms with Crippen LogP contribution in [0.25, 0.3) is 0 Å². The van der Waals surface area contributed by atoms with E-state index in [0.29, 0.717) is 31.6 Å². The minimum absolute atomic E-state index is 0.0870. The van der Waals surface area contributed by atoms with Gasteiger partial charge in [-0.2, -0.15) is 0 Å². The molecule has 1 aromatic carbocycles. The number of quaternary nitrogens is 1. The summed E-state index contributed by atoms with van der Waals surface area (Å²) in [5, 5.41) is 0. The normalized spacial score (nSPS) is 26.8. The van der Waals surface area contributed by atoms with Crippen molar-refractivity contribution in [3.05, 3.63) is 29.3 Å². The quantitative estimate of drug-likeness (QED) is 0.636. The molecule has 2 aliphatic rings. The summed E-state index contributed by atoms with van der Waals surface area (Å²) in [6, 6.07) is 5.47. The zero-order valence-electron chi connectivity index (χ0n) is 15.0. The molecule has 6 nitrogen and oxygen atoms in total. The van der Waals surface area contributed by atoms with E-state index >= 15 is 0 Å². The Morgan fingerprint density at radius 3 is 2.52 bits per heavy atom. The highest BCUT2D eigenvalue weighted by Gasteiger charge is 2.47. The van der Waals surface area contributed by atoms with Crippen LogP contribution in [0.2, 0.25) is 0 Å².